The Morgan fingerprint density at radius 3 is 2.00 bits per heavy atom. The summed E-state index contributed by atoms with van der Waals surface area (Å²) in [6.07, 6.45) is 7.39. The van der Waals surface area contributed by atoms with Crippen LogP contribution in [-0.2, 0) is 14.3 Å². The van der Waals surface area contributed by atoms with Crippen LogP contribution in [0.1, 0.15) is 89.9 Å². The van der Waals surface area contributed by atoms with Gasteiger partial charge in [0.15, 0.2) is 0 Å². The normalized spacial score (nSPS) is 16.0. The molecule has 0 bridgehead atoms. The number of hydrogen-bond donors (Lipinski definition) is 1. The zero-order valence-electron chi connectivity index (χ0n) is 24.6. The quantitative estimate of drug-likeness (QED) is 0.292. The van der Waals surface area contributed by atoms with Crippen molar-refractivity contribution in [2.75, 3.05) is 25.6 Å². The second kappa shape index (κ2) is 20.4. The van der Waals surface area contributed by atoms with Gasteiger partial charge in [0, 0.05) is 38.5 Å². The van der Waals surface area contributed by atoms with Gasteiger partial charge in [0.2, 0.25) is 11.8 Å². The molecule has 2 aliphatic heterocycles. The fourth-order valence-electron chi connectivity index (χ4n) is 4.20. The maximum absolute atomic E-state index is 12.8. The van der Waals surface area contributed by atoms with Crippen LogP contribution < -0.4 is 34.9 Å². The number of piperidine rings is 1. The van der Waals surface area contributed by atoms with Crippen LogP contribution >= 0.6 is 11.6 Å². The molecule has 0 aromatic heterocycles. The van der Waals surface area contributed by atoms with Gasteiger partial charge >= 0.3 is 29.6 Å². The summed E-state index contributed by atoms with van der Waals surface area (Å²) in [6, 6.07) is 12.5. The van der Waals surface area contributed by atoms with E-state index in [-0.39, 0.29) is 66.5 Å². The van der Waals surface area contributed by atoms with Crippen molar-refractivity contribution < 1.29 is 54.1 Å². The van der Waals surface area contributed by atoms with Crippen molar-refractivity contribution in [3.8, 4) is 0 Å². The summed E-state index contributed by atoms with van der Waals surface area (Å²) in [7, 11) is 0. The van der Waals surface area contributed by atoms with E-state index in [1.807, 2.05) is 18.7 Å². The average molecular weight is 575 g/mol. The number of unbranched alkanes of at least 4 members (excludes halogenated alkanes) is 1. The van der Waals surface area contributed by atoms with Crippen molar-refractivity contribution in [1.82, 2.24) is 10.2 Å². The number of nitrogens with zero attached hydrogens (tertiary/aromatic N) is 1. The molecule has 2 aromatic carbocycles. The van der Waals surface area contributed by atoms with Crippen molar-refractivity contribution in [1.29, 1.82) is 0 Å². The van der Waals surface area contributed by atoms with Crippen LogP contribution in [-0.4, -0.2) is 42.4 Å². The monoisotopic (exact) mass is 574 g/mol. The number of hydrogen-bond acceptors (Lipinski definition) is 3. The smallest absolute Gasteiger partial charge is 1.00 e. The molecule has 2 aliphatic rings. The van der Waals surface area contributed by atoms with E-state index < -0.39 is 0 Å². The van der Waals surface area contributed by atoms with E-state index in [2.05, 4.69) is 5.32 Å². The first kappa shape index (κ1) is 35.5. The number of likely N-dealkylation sites (tertiary alicyclic amines) is 1. The maximum Gasteiger partial charge on any atom is 1.00 e. The molecule has 2 atom stereocenters. The minimum atomic E-state index is -0.269. The third-order valence-electron chi connectivity index (χ3n) is 6.54. The van der Waals surface area contributed by atoms with Gasteiger partial charge in [-0.15, -0.1) is 11.6 Å². The van der Waals surface area contributed by atoms with Crippen LogP contribution in [0.15, 0.2) is 48.5 Å². The summed E-state index contributed by atoms with van der Waals surface area (Å²) in [5.41, 5.74) is 1.90. The number of rotatable bonds is 8. The number of halogens is 3. The van der Waals surface area contributed by atoms with E-state index >= 15 is 0 Å². The zero-order chi connectivity index (χ0) is 27.8. The molecule has 2 aromatic rings. The molecule has 0 saturated carbocycles. The molecular formula is C30H42ClF2N2NaO3. The number of nitrogens with one attached hydrogen (secondary N) is 1. The summed E-state index contributed by atoms with van der Waals surface area (Å²) in [4.78, 5) is 25.2. The fraction of sp³-hybridized carbons (Fsp3) is 0.533. The SMILES string of the molecule is C1CCOC1.CC(NC(=O)CCCCCl)c1ccc(F)cc1.CC(c1ccc(F)cc1)N1CCCCC1=O.[H-].[Na+]. The molecular weight excluding hydrogens is 533 g/mol. The Hall–Kier alpha value is -1.51. The molecule has 5 nitrogen and oxygen atoms in total. The molecule has 212 valence electrons. The number of amides is 2. The first-order valence-electron chi connectivity index (χ1n) is 13.5. The molecule has 2 heterocycles. The Morgan fingerprint density at radius 1 is 0.949 bits per heavy atom. The van der Waals surface area contributed by atoms with E-state index in [9.17, 15) is 18.4 Å². The largest absolute Gasteiger partial charge is 1.00 e. The van der Waals surface area contributed by atoms with Gasteiger partial charge in [-0.05, 0) is 87.8 Å². The van der Waals surface area contributed by atoms with Crippen molar-refractivity contribution in [2.45, 2.75) is 77.3 Å². The number of carbonyl (C=O) groups is 2. The molecule has 1 N–H and O–H groups in total. The first-order chi connectivity index (χ1) is 18.3. The topological polar surface area (TPSA) is 58.6 Å². The molecule has 0 spiro atoms. The van der Waals surface area contributed by atoms with Crippen LogP contribution in [0.3, 0.4) is 0 Å². The molecule has 39 heavy (non-hydrogen) atoms. The van der Waals surface area contributed by atoms with Gasteiger partial charge in [-0.2, -0.15) is 0 Å². The molecule has 4 rings (SSSR count). The minimum Gasteiger partial charge on any atom is -1.00 e. The van der Waals surface area contributed by atoms with Crippen molar-refractivity contribution in [3.63, 3.8) is 0 Å². The van der Waals surface area contributed by atoms with Crippen molar-refractivity contribution in [3.05, 3.63) is 71.3 Å². The van der Waals surface area contributed by atoms with Crippen LogP contribution in [0.4, 0.5) is 8.78 Å². The minimum absolute atomic E-state index is 0. The van der Waals surface area contributed by atoms with E-state index in [1.54, 1.807) is 24.3 Å². The maximum atomic E-state index is 12.8. The van der Waals surface area contributed by atoms with Gasteiger partial charge in [-0.1, -0.05) is 24.3 Å². The third kappa shape index (κ3) is 14.1. The number of benzene rings is 2. The molecule has 2 unspecified atom stereocenters. The van der Waals surface area contributed by atoms with Crippen LogP contribution in [0.2, 0.25) is 0 Å². The van der Waals surface area contributed by atoms with Gasteiger partial charge < -0.3 is 16.4 Å². The number of carbonyl (C=O) groups excluding carboxylic acids is 2. The van der Waals surface area contributed by atoms with Gasteiger partial charge in [0.25, 0.3) is 0 Å². The Morgan fingerprint density at radius 2 is 1.51 bits per heavy atom. The predicted molar refractivity (Wildman–Crippen MR) is 149 cm³/mol. The molecule has 2 amide bonds. The van der Waals surface area contributed by atoms with Gasteiger partial charge in [0.1, 0.15) is 11.6 Å². The van der Waals surface area contributed by atoms with E-state index in [0.29, 0.717) is 18.7 Å². The second-order valence-corrected chi connectivity index (χ2v) is 9.96. The number of ether oxygens (including phenoxy) is 1. The Kier molecular flexibility index (Phi) is 18.6. The molecule has 9 heteroatoms. The van der Waals surface area contributed by atoms with Crippen molar-refractivity contribution >= 4 is 23.4 Å². The van der Waals surface area contributed by atoms with Gasteiger partial charge in [-0.3, -0.25) is 9.59 Å². The van der Waals surface area contributed by atoms with Crippen molar-refractivity contribution in [2.24, 2.45) is 0 Å². The summed E-state index contributed by atoms with van der Waals surface area (Å²) < 4.78 is 30.5. The van der Waals surface area contributed by atoms with Crippen LogP contribution in [0.5, 0.6) is 0 Å². The van der Waals surface area contributed by atoms with Crippen LogP contribution in [0.25, 0.3) is 0 Å². The second-order valence-electron chi connectivity index (χ2n) is 9.58. The van der Waals surface area contributed by atoms with Crippen LogP contribution in [0, 0.1) is 11.6 Å². The van der Waals surface area contributed by atoms with E-state index in [4.69, 9.17) is 16.3 Å². The summed E-state index contributed by atoms with van der Waals surface area (Å²) >= 11 is 5.53. The van der Waals surface area contributed by atoms with E-state index in [1.165, 1.54) is 37.1 Å². The number of alkyl halides is 1. The summed E-state index contributed by atoms with van der Waals surface area (Å²) in [5.74, 6) is 0.297. The molecule has 0 radical (unpaired) electrons. The zero-order valence-corrected chi connectivity index (χ0v) is 26.3. The standard InChI is InChI=1S/C13H17ClFNO.C13H16FNO.C4H8O.Na.H/c1-10(11-5-7-12(15)8-6-11)16-13(17)4-2-3-9-14;1-10(11-5-7-12(14)8-6-11)15-9-3-2-4-13(15)16;1-2-4-5-3-1;;/h5-8,10H,2-4,9H2,1H3,(H,16,17);5-8,10H,2-4,9H2,1H3;1-4H2;;/q;;;+1;-1. The molecule has 0 aliphatic carbocycles. The first-order valence-corrected chi connectivity index (χ1v) is 14.1. The van der Waals surface area contributed by atoms with Gasteiger partial charge in [-0.25, -0.2) is 8.78 Å². The third-order valence-corrected chi connectivity index (χ3v) is 6.81. The fourth-order valence-corrected chi connectivity index (χ4v) is 4.39. The Labute approximate surface area is 260 Å². The summed E-state index contributed by atoms with van der Waals surface area (Å²) in [5, 5.41) is 2.87. The molecule has 2 fully saturated rings. The summed E-state index contributed by atoms with van der Waals surface area (Å²) in [6.45, 7) is 6.69. The predicted octanol–water partition coefficient (Wildman–Crippen LogP) is 4.22. The molecule has 2 saturated heterocycles. The average Bonchev–Trinajstić information content (AvgIpc) is 3.50. The van der Waals surface area contributed by atoms with E-state index in [0.717, 1.165) is 56.6 Å². The van der Waals surface area contributed by atoms with Gasteiger partial charge in [0.05, 0.1) is 12.1 Å². The Bertz CT molecular complexity index is 959. The Balaban J connectivity index is 0.000000620.